The molecule has 4 rings (SSSR count). The van der Waals surface area contributed by atoms with Crippen LogP contribution in [0.1, 0.15) is 34.1 Å². The Morgan fingerprint density at radius 3 is 2.13 bits per heavy atom. The number of hydrogen-bond donors (Lipinski definition) is 0. The van der Waals surface area contributed by atoms with E-state index in [1.54, 1.807) is 0 Å². The van der Waals surface area contributed by atoms with E-state index in [2.05, 4.69) is 37.7 Å². The van der Waals surface area contributed by atoms with E-state index in [0.29, 0.717) is 10.8 Å². The highest BCUT2D eigenvalue weighted by Crippen LogP contribution is 2.73. The van der Waals surface area contributed by atoms with E-state index in [0.717, 1.165) is 12.1 Å². The number of piperidine rings is 1. The lowest BCUT2D eigenvalue weighted by Gasteiger charge is -2.23. The van der Waals surface area contributed by atoms with Crippen molar-refractivity contribution in [3.8, 4) is 0 Å². The maximum absolute atomic E-state index is 2.64. The van der Waals surface area contributed by atoms with Crippen molar-refractivity contribution in [2.24, 2.45) is 10.8 Å². The van der Waals surface area contributed by atoms with Crippen molar-refractivity contribution in [1.29, 1.82) is 0 Å². The van der Waals surface area contributed by atoms with Gasteiger partial charge in [0.2, 0.25) is 0 Å². The molecule has 2 heteroatoms. The topological polar surface area (TPSA) is 6.48 Å². The van der Waals surface area contributed by atoms with Crippen LogP contribution in [0.3, 0.4) is 0 Å². The molecule has 4 atom stereocenters. The molecule has 0 aromatic heterocycles. The Hall–Kier alpha value is -0.0800. The van der Waals surface area contributed by atoms with E-state index >= 15 is 0 Å². The molecular formula is C13H26N2. The first-order valence-corrected chi connectivity index (χ1v) is 6.39. The summed E-state index contributed by atoms with van der Waals surface area (Å²) in [5.74, 6) is 0. The van der Waals surface area contributed by atoms with Gasteiger partial charge in [0.25, 0.3) is 0 Å². The molecule has 0 radical (unpaired) electrons. The smallest absolute Gasteiger partial charge is 0.0229 e. The van der Waals surface area contributed by atoms with Gasteiger partial charge in [0.1, 0.15) is 0 Å². The minimum Gasteiger partial charge on any atom is -0.304 e. The standard InChI is InChI=1S/C11H20N2.C2H6/c1-10-5-8-6-12(3)7-11(10,2)9(10)13(8)4;1-2/h8-9H,5-7H2,1-4H3;1-2H3. The van der Waals surface area contributed by atoms with Crippen molar-refractivity contribution in [3.63, 3.8) is 0 Å². The summed E-state index contributed by atoms with van der Waals surface area (Å²) in [6.07, 6.45) is 1.43. The number of likely N-dealkylation sites (N-methyl/N-ethyl adjacent to an activating group) is 2. The van der Waals surface area contributed by atoms with Crippen molar-refractivity contribution in [1.82, 2.24) is 9.80 Å². The van der Waals surface area contributed by atoms with Crippen molar-refractivity contribution in [2.45, 2.75) is 46.2 Å². The molecule has 0 aromatic carbocycles. The Morgan fingerprint density at radius 1 is 1.07 bits per heavy atom. The zero-order valence-corrected chi connectivity index (χ0v) is 11.2. The van der Waals surface area contributed by atoms with Crippen LogP contribution < -0.4 is 0 Å². The molecule has 4 bridgehead atoms. The second kappa shape index (κ2) is 3.21. The van der Waals surface area contributed by atoms with E-state index < -0.39 is 0 Å². The van der Waals surface area contributed by atoms with Gasteiger partial charge in [0, 0.05) is 30.6 Å². The molecule has 1 aliphatic carbocycles. The molecule has 4 fully saturated rings. The first kappa shape index (κ1) is 11.4. The van der Waals surface area contributed by atoms with Crippen LogP contribution in [0.5, 0.6) is 0 Å². The highest BCUT2D eigenvalue weighted by atomic mass is 15.3. The third-order valence-electron chi connectivity index (χ3n) is 5.19. The van der Waals surface area contributed by atoms with Crippen LogP contribution in [-0.2, 0) is 0 Å². The van der Waals surface area contributed by atoms with Crippen molar-refractivity contribution in [3.05, 3.63) is 0 Å². The maximum atomic E-state index is 2.64. The monoisotopic (exact) mass is 210 g/mol. The number of rotatable bonds is 0. The molecule has 1 saturated carbocycles. The first-order valence-electron chi connectivity index (χ1n) is 6.39. The fourth-order valence-corrected chi connectivity index (χ4v) is 4.46. The highest BCUT2D eigenvalue weighted by Gasteiger charge is 2.77. The van der Waals surface area contributed by atoms with Crippen molar-refractivity contribution < 1.29 is 0 Å². The molecule has 4 unspecified atom stereocenters. The molecule has 0 N–H and O–H groups in total. The third kappa shape index (κ3) is 1.18. The van der Waals surface area contributed by atoms with E-state index in [1.165, 1.54) is 19.5 Å². The van der Waals surface area contributed by atoms with E-state index in [-0.39, 0.29) is 0 Å². The first-order chi connectivity index (χ1) is 6.99. The van der Waals surface area contributed by atoms with Crippen LogP contribution in [-0.4, -0.2) is 49.1 Å². The van der Waals surface area contributed by atoms with Crippen molar-refractivity contribution in [2.75, 3.05) is 27.2 Å². The van der Waals surface area contributed by atoms with Gasteiger partial charge in [-0.2, -0.15) is 0 Å². The zero-order valence-electron chi connectivity index (χ0n) is 11.2. The van der Waals surface area contributed by atoms with E-state index in [4.69, 9.17) is 0 Å². The minimum atomic E-state index is 0.587. The van der Waals surface area contributed by atoms with Crippen LogP contribution in [0.25, 0.3) is 0 Å². The molecule has 4 aliphatic rings. The van der Waals surface area contributed by atoms with Gasteiger partial charge < -0.3 is 4.90 Å². The molecule has 3 aliphatic heterocycles. The van der Waals surface area contributed by atoms with Gasteiger partial charge in [-0.05, 0) is 25.9 Å². The Labute approximate surface area is 94.6 Å². The van der Waals surface area contributed by atoms with Crippen molar-refractivity contribution >= 4 is 0 Å². The number of fused-ring (bicyclic) bond motifs is 2. The van der Waals surface area contributed by atoms with Crippen LogP contribution >= 0.6 is 0 Å². The summed E-state index contributed by atoms with van der Waals surface area (Å²) in [6.45, 7) is 11.5. The lowest BCUT2D eigenvalue weighted by atomic mass is 9.91. The van der Waals surface area contributed by atoms with Crippen LogP contribution in [0.4, 0.5) is 0 Å². The molecule has 15 heavy (non-hydrogen) atoms. The Kier molecular flexibility index (Phi) is 2.44. The lowest BCUT2D eigenvalue weighted by molar-refractivity contribution is 0.233. The molecule has 0 aromatic rings. The van der Waals surface area contributed by atoms with E-state index in [1.807, 2.05) is 13.8 Å². The lowest BCUT2D eigenvalue weighted by Crippen LogP contribution is -2.35. The third-order valence-corrected chi connectivity index (χ3v) is 5.19. The molecule has 0 amide bonds. The second-order valence-electron chi connectivity index (χ2n) is 5.96. The summed E-state index contributed by atoms with van der Waals surface area (Å²) >= 11 is 0. The predicted octanol–water partition coefficient (Wildman–Crippen LogP) is 2.06. The largest absolute Gasteiger partial charge is 0.304 e. The van der Waals surface area contributed by atoms with Crippen LogP contribution in [0.2, 0.25) is 0 Å². The average Bonchev–Trinajstić information content (AvgIpc) is 2.55. The van der Waals surface area contributed by atoms with E-state index in [9.17, 15) is 0 Å². The van der Waals surface area contributed by atoms with Gasteiger partial charge in [-0.15, -0.1) is 0 Å². The maximum Gasteiger partial charge on any atom is 0.0229 e. The summed E-state index contributed by atoms with van der Waals surface area (Å²) in [6, 6.07) is 1.70. The normalized spacial score (nSPS) is 53.2. The number of hydrogen-bond acceptors (Lipinski definition) is 2. The van der Waals surface area contributed by atoms with Crippen LogP contribution in [0, 0.1) is 10.8 Å². The van der Waals surface area contributed by atoms with Gasteiger partial charge in [0.05, 0.1) is 0 Å². The summed E-state index contributed by atoms with van der Waals surface area (Å²) in [7, 11) is 4.60. The van der Waals surface area contributed by atoms with Gasteiger partial charge in [0.15, 0.2) is 0 Å². The number of nitrogens with zero attached hydrogens (tertiary/aromatic N) is 2. The average molecular weight is 210 g/mol. The summed E-state index contributed by atoms with van der Waals surface area (Å²) < 4.78 is 0. The second-order valence-corrected chi connectivity index (χ2v) is 5.96. The molecule has 0 spiro atoms. The Bertz CT molecular complexity index is 265. The fraction of sp³-hybridized carbons (Fsp3) is 1.00. The molecule has 3 saturated heterocycles. The Balaban J connectivity index is 0.000000404. The molecular weight excluding hydrogens is 184 g/mol. The Morgan fingerprint density at radius 2 is 1.67 bits per heavy atom. The SMILES string of the molecule is CC.CN1CC2CC3(C)C(N2C)C3(C)C1. The van der Waals surface area contributed by atoms with Gasteiger partial charge in [-0.1, -0.05) is 27.7 Å². The van der Waals surface area contributed by atoms with Gasteiger partial charge in [-0.25, -0.2) is 0 Å². The van der Waals surface area contributed by atoms with Crippen LogP contribution in [0.15, 0.2) is 0 Å². The minimum absolute atomic E-state index is 0.587. The highest BCUT2D eigenvalue weighted by molar-refractivity contribution is 5.30. The van der Waals surface area contributed by atoms with Gasteiger partial charge in [-0.3, -0.25) is 4.90 Å². The van der Waals surface area contributed by atoms with Gasteiger partial charge >= 0.3 is 0 Å². The zero-order chi connectivity index (χ0) is 11.4. The molecule has 88 valence electrons. The molecule has 2 nitrogen and oxygen atoms in total. The molecule has 3 heterocycles. The summed E-state index contributed by atoms with van der Waals surface area (Å²) in [5, 5.41) is 0. The summed E-state index contributed by atoms with van der Waals surface area (Å²) in [4.78, 5) is 5.17. The summed E-state index contributed by atoms with van der Waals surface area (Å²) in [5.41, 5.74) is 1.22. The predicted molar refractivity (Wildman–Crippen MR) is 65.0 cm³/mol. The quantitative estimate of drug-likeness (QED) is 0.604. The fourth-order valence-electron chi connectivity index (χ4n) is 4.46.